The van der Waals surface area contributed by atoms with Crippen LogP contribution in [0.5, 0.6) is 0 Å². The Labute approximate surface area is 133 Å². The number of hydrogen-bond acceptors (Lipinski definition) is 6. The average molecular weight is 324 g/mol. The number of imide groups is 1. The van der Waals surface area contributed by atoms with Crippen LogP contribution in [-0.4, -0.2) is 53.5 Å². The summed E-state index contributed by atoms with van der Waals surface area (Å²) in [5, 5.41) is 0.961. The lowest BCUT2D eigenvalue weighted by molar-refractivity contribution is -0.212. The first-order valence-corrected chi connectivity index (χ1v) is 7.70. The predicted molar refractivity (Wildman–Crippen MR) is 77.3 cm³/mol. The maximum absolute atomic E-state index is 11.7. The summed E-state index contributed by atoms with van der Waals surface area (Å²) in [4.78, 5) is 52.1. The first-order valence-electron chi connectivity index (χ1n) is 7.70. The summed E-state index contributed by atoms with van der Waals surface area (Å²) in [5.41, 5.74) is 0. The normalized spacial score (nSPS) is 18.5. The van der Waals surface area contributed by atoms with Crippen LogP contribution < -0.4 is 0 Å². The van der Waals surface area contributed by atoms with Gasteiger partial charge < -0.3 is 9.57 Å². The van der Waals surface area contributed by atoms with Crippen molar-refractivity contribution >= 4 is 23.7 Å². The van der Waals surface area contributed by atoms with Gasteiger partial charge in [-0.3, -0.25) is 19.3 Å². The van der Waals surface area contributed by atoms with Crippen molar-refractivity contribution in [1.82, 2.24) is 9.96 Å². The topological polar surface area (TPSA) is 93.2 Å². The fraction of sp³-hybridized carbons (Fsp3) is 0.600. The van der Waals surface area contributed by atoms with Crippen LogP contribution in [-0.2, 0) is 28.8 Å². The largest absolute Gasteiger partial charge is 0.358 e. The van der Waals surface area contributed by atoms with Crippen molar-refractivity contribution in [3.8, 4) is 0 Å². The molecule has 0 radical (unpaired) electrons. The van der Waals surface area contributed by atoms with Gasteiger partial charge in [-0.25, -0.2) is 4.79 Å². The Morgan fingerprint density at radius 3 is 2.61 bits per heavy atom. The van der Waals surface area contributed by atoms with E-state index in [9.17, 15) is 19.2 Å². The van der Waals surface area contributed by atoms with Gasteiger partial charge >= 0.3 is 5.97 Å². The van der Waals surface area contributed by atoms with Crippen molar-refractivity contribution in [3.05, 3.63) is 12.2 Å². The van der Waals surface area contributed by atoms with E-state index in [0.29, 0.717) is 45.3 Å². The molecule has 0 aromatic carbocycles. The van der Waals surface area contributed by atoms with Crippen LogP contribution in [0.4, 0.5) is 0 Å². The molecule has 0 unspecified atom stereocenters. The molecular weight excluding hydrogens is 304 g/mol. The smallest absolute Gasteiger partial charge is 0.332 e. The van der Waals surface area contributed by atoms with Gasteiger partial charge in [-0.15, -0.1) is 5.06 Å². The summed E-state index contributed by atoms with van der Waals surface area (Å²) in [6, 6.07) is 0. The molecule has 1 fully saturated rings. The molecule has 0 atom stereocenters. The number of carbonyl (C=O) groups excluding carboxylic acids is 4. The quantitative estimate of drug-likeness (QED) is 0.501. The molecule has 1 saturated heterocycles. The van der Waals surface area contributed by atoms with E-state index in [1.165, 1.54) is 17.1 Å². The zero-order chi connectivity index (χ0) is 16.7. The molecule has 2 heterocycles. The number of unbranched alkanes of at least 4 members (excludes halogenated alkanes) is 2. The van der Waals surface area contributed by atoms with Gasteiger partial charge in [0.15, 0.2) is 6.73 Å². The molecule has 8 heteroatoms. The third-order valence-corrected chi connectivity index (χ3v) is 3.54. The first kappa shape index (κ1) is 17.1. The second-order valence-electron chi connectivity index (χ2n) is 5.35. The molecule has 0 N–H and O–H groups in total. The lowest BCUT2D eigenvalue weighted by Gasteiger charge is -2.18. The number of rotatable bonds is 7. The van der Waals surface area contributed by atoms with Crippen LogP contribution in [0.2, 0.25) is 0 Å². The molecular formula is C15H20N2O6. The highest BCUT2D eigenvalue weighted by molar-refractivity contribution is 6.12. The Balaban J connectivity index is 1.58. The van der Waals surface area contributed by atoms with Crippen LogP contribution in [0.25, 0.3) is 0 Å². The van der Waals surface area contributed by atoms with Gasteiger partial charge in [0, 0.05) is 38.1 Å². The summed E-state index contributed by atoms with van der Waals surface area (Å²) in [6.07, 6.45) is 5.46. The van der Waals surface area contributed by atoms with E-state index >= 15 is 0 Å². The molecule has 0 aromatic rings. The van der Waals surface area contributed by atoms with Gasteiger partial charge in [0.1, 0.15) is 0 Å². The SMILES string of the molecule is O=C(CCCCCN1C(=O)C=CC1=O)ON1COCCCC1=O. The van der Waals surface area contributed by atoms with Crippen molar-refractivity contribution in [2.24, 2.45) is 0 Å². The molecule has 3 amide bonds. The number of nitrogens with zero attached hydrogens (tertiary/aromatic N) is 2. The molecule has 0 aliphatic carbocycles. The second-order valence-corrected chi connectivity index (χ2v) is 5.35. The van der Waals surface area contributed by atoms with Gasteiger partial charge in [0.25, 0.3) is 17.7 Å². The first-order chi connectivity index (χ1) is 11.1. The van der Waals surface area contributed by atoms with Gasteiger partial charge in [0.05, 0.1) is 0 Å². The Kier molecular flexibility index (Phi) is 6.28. The summed E-state index contributed by atoms with van der Waals surface area (Å²) < 4.78 is 5.15. The Morgan fingerprint density at radius 1 is 1.13 bits per heavy atom. The third kappa shape index (κ3) is 5.17. The maximum atomic E-state index is 11.7. The third-order valence-electron chi connectivity index (χ3n) is 3.54. The molecule has 0 aromatic heterocycles. The van der Waals surface area contributed by atoms with E-state index < -0.39 is 5.97 Å². The Bertz CT molecular complexity index is 498. The van der Waals surface area contributed by atoms with Crippen LogP contribution in [0.3, 0.4) is 0 Å². The Hall–Kier alpha value is -2.22. The Morgan fingerprint density at radius 2 is 1.87 bits per heavy atom. The molecule has 8 nitrogen and oxygen atoms in total. The van der Waals surface area contributed by atoms with Gasteiger partial charge in [0.2, 0.25) is 0 Å². The fourth-order valence-electron chi connectivity index (χ4n) is 2.28. The number of carbonyl (C=O) groups is 4. The van der Waals surface area contributed by atoms with E-state index in [1.807, 2.05) is 0 Å². The standard InChI is InChI=1S/C15H20N2O6/c18-12-7-8-13(19)16(12)9-3-1-2-6-15(21)23-17-11-22-10-4-5-14(17)20/h7-8H,1-6,9-11H2. The zero-order valence-corrected chi connectivity index (χ0v) is 12.9. The molecule has 126 valence electrons. The summed E-state index contributed by atoms with van der Waals surface area (Å²) in [5.74, 6) is -1.34. The van der Waals surface area contributed by atoms with Crippen LogP contribution >= 0.6 is 0 Å². The molecule has 2 aliphatic heterocycles. The minimum Gasteiger partial charge on any atom is -0.358 e. The molecule has 0 bridgehead atoms. The lowest BCUT2D eigenvalue weighted by atomic mass is 10.2. The summed E-state index contributed by atoms with van der Waals surface area (Å²) >= 11 is 0. The lowest BCUT2D eigenvalue weighted by Crippen LogP contribution is -2.33. The van der Waals surface area contributed by atoms with E-state index in [0.717, 1.165) is 5.06 Å². The highest BCUT2D eigenvalue weighted by atomic mass is 16.7. The van der Waals surface area contributed by atoms with Gasteiger partial charge in [-0.2, -0.15) is 0 Å². The molecule has 0 spiro atoms. The molecule has 23 heavy (non-hydrogen) atoms. The summed E-state index contributed by atoms with van der Waals surface area (Å²) in [6.45, 7) is 0.789. The van der Waals surface area contributed by atoms with Crippen molar-refractivity contribution in [2.45, 2.75) is 38.5 Å². The van der Waals surface area contributed by atoms with Crippen molar-refractivity contribution in [3.63, 3.8) is 0 Å². The maximum Gasteiger partial charge on any atom is 0.332 e. The molecule has 2 aliphatic rings. The van der Waals surface area contributed by atoms with Crippen LogP contribution in [0.15, 0.2) is 12.2 Å². The second kappa shape index (κ2) is 8.42. The van der Waals surface area contributed by atoms with E-state index in [-0.39, 0.29) is 30.9 Å². The van der Waals surface area contributed by atoms with Crippen molar-refractivity contribution < 1.29 is 28.8 Å². The average Bonchev–Trinajstić information content (AvgIpc) is 2.71. The van der Waals surface area contributed by atoms with Crippen molar-refractivity contribution in [2.75, 3.05) is 19.9 Å². The predicted octanol–water partition coefficient (Wildman–Crippen LogP) is 0.526. The van der Waals surface area contributed by atoms with Crippen LogP contribution in [0, 0.1) is 0 Å². The molecule has 0 saturated carbocycles. The van der Waals surface area contributed by atoms with E-state index in [4.69, 9.17) is 9.57 Å². The number of amides is 3. The number of hydroxylamine groups is 2. The number of hydrogen-bond donors (Lipinski definition) is 0. The van der Waals surface area contributed by atoms with Gasteiger partial charge in [-0.1, -0.05) is 6.42 Å². The van der Waals surface area contributed by atoms with E-state index in [1.54, 1.807) is 0 Å². The minimum absolute atomic E-state index is 0.0310. The minimum atomic E-state index is -0.487. The monoisotopic (exact) mass is 324 g/mol. The van der Waals surface area contributed by atoms with Gasteiger partial charge in [-0.05, 0) is 19.3 Å². The van der Waals surface area contributed by atoms with E-state index in [2.05, 4.69) is 0 Å². The fourth-order valence-corrected chi connectivity index (χ4v) is 2.28. The highest BCUT2D eigenvalue weighted by Gasteiger charge is 2.23. The zero-order valence-electron chi connectivity index (χ0n) is 12.9. The van der Waals surface area contributed by atoms with Crippen molar-refractivity contribution in [1.29, 1.82) is 0 Å². The highest BCUT2D eigenvalue weighted by Crippen LogP contribution is 2.10. The molecule has 2 rings (SSSR count). The summed E-state index contributed by atoms with van der Waals surface area (Å²) in [7, 11) is 0. The van der Waals surface area contributed by atoms with Crippen LogP contribution in [0.1, 0.15) is 38.5 Å². The number of ether oxygens (including phenoxy) is 1.